The molecule has 0 aromatic carbocycles. The van der Waals surface area contributed by atoms with Crippen LogP contribution in [-0.2, 0) is 11.2 Å². The molecule has 1 amide bonds. The molecule has 32 heavy (non-hydrogen) atoms. The first kappa shape index (κ1) is 20.3. The first-order valence-electron chi connectivity index (χ1n) is 10.6. The van der Waals surface area contributed by atoms with E-state index in [4.69, 9.17) is 10.2 Å². The highest BCUT2D eigenvalue weighted by molar-refractivity contribution is 7.16. The van der Waals surface area contributed by atoms with Crippen LogP contribution in [0.15, 0.2) is 36.8 Å². The highest BCUT2D eigenvalue weighted by Crippen LogP contribution is 2.40. The maximum atomic E-state index is 13.4. The number of amides is 1. The lowest BCUT2D eigenvalue weighted by atomic mass is 10.0. The van der Waals surface area contributed by atoms with E-state index in [2.05, 4.69) is 25.2 Å². The topological polar surface area (TPSA) is 111 Å². The van der Waals surface area contributed by atoms with E-state index in [1.54, 1.807) is 30.5 Å². The van der Waals surface area contributed by atoms with E-state index in [0.29, 0.717) is 28.1 Å². The van der Waals surface area contributed by atoms with Crippen molar-refractivity contribution in [2.24, 2.45) is 0 Å². The molecule has 1 fully saturated rings. The summed E-state index contributed by atoms with van der Waals surface area (Å²) in [5, 5.41) is 13.2. The molecule has 1 aliphatic heterocycles. The van der Waals surface area contributed by atoms with Crippen LogP contribution in [0.3, 0.4) is 0 Å². The summed E-state index contributed by atoms with van der Waals surface area (Å²) in [6, 6.07) is 7.69. The molecule has 9 nitrogen and oxygen atoms in total. The number of rotatable bonds is 5. The summed E-state index contributed by atoms with van der Waals surface area (Å²) in [5.74, 6) is 1.20. The zero-order valence-electron chi connectivity index (χ0n) is 17.6. The molecule has 1 atom stereocenters. The van der Waals surface area contributed by atoms with Crippen LogP contribution in [0.2, 0.25) is 0 Å². The van der Waals surface area contributed by atoms with Gasteiger partial charge in [0.05, 0.1) is 12.4 Å². The Labute approximate surface area is 189 Å². The van der Waals surface area contributed by atoms with E-state index in [9.17, 15) is 4.79 Å². The minimum absolute atomic E-state index is 0.0282. The summed E-state index contributed by atoms with van der Waals surface area (Å²) in [7, 11) is 1.78. The second-order valence-electron chi connectivity index (χ2n) is 7.95. The number of carbonyl (C=O) groups is 1. The molecule has 0 radical (unpaired) electrons. The van der Waals surface area contributed by atoms with Crippen LogP contribution in [0.1, 0.15) is 36.4 Å². The third kappa shape index (κ3) is 3.76. The van der Waals surface area contributed by atoms with Gasteiger partial charge in [0.1, 0.15) is 22.8 Å². The zero-order valence-corrected chi connectivity index (χ0v) is 18.4. The molecule has 4 heterocycles. The number of carbonyl (C=O) groups excluding carboxylic acids is 1. The van der Waals surface area contributed by atoms with Crippen molar-refractivity contribution >= 4 is 39.7 Å². The zero-order chi connectivity index (χ0) is 22.1. The van der Waals surface area contributed by atoms with Gasteiger partial charge in [0.15, 0.2) is 10.8 Å². The number of nitriles is 1. The summed E-state index contributed by atoms with van der Waals surface area (Å²) in [5.41, 5.74) is 1.58. The number of thiazole rings is 1. The second-order valence-corrected chi connectivity index (χ2v) is 8.98. The van der Waals surface area contributed by atoms with E-state index in [-0.39, 0.29) is 18.0 Å². The van der Waals surface area contributed by atoms with E-state index < -0.39 is 0 Å². The molecule has 1 aliphatic carbocycles. The van der Waals surface area contributed by atoms with Crippen LogP contribution in [0, 0.1) is 11.3 Å². The Kier molecular flexibility index (Phi) is 5.41. The molecule has 5 rings (SSSR count). The van der Waals surface area contributed by atoms with Crippen molar-refractivity contribution in [3.63, 3.8) is 0 Å². The van der Waals surface area contributed by atoms with Gasteiger partial charge < -0.3 is 15.1 Å². The highest BCUT2D eigenvalue weighted by Gasteiger charge is 2.42. The van der Waals surface area contributed by atoms with Gasteiger partial charge in [-0.25, -0.2) is 9.97 Å². The van der Waals surface area contributed by atoms with E-state index in [0.717, 1.165) is 37.2 Å². The average molecular weight is 447 g/mol. The lowest BCUT2D eigenvalue weighted by Gasteiger charge is -2.43. The molecular weight excluding hydrogens is 424 g/mol. The number of fused-ring (bicyclic) bond motifs is 1. The molecular formula is C22H22N8OS. The molecule has 162 valence electrons. The second kappa shape index (κ2) is 8.51. The number of hydrogen-bond acceptors (Lipinski definition) is 9. The number of pyridine rings is 1. The summed E-state index contributed by atoms with van der Waals surface area (Å²) in [4.78, 5) is 35.0. The standard InChI is InChI=1S/C22H22N8OS/c1-29-17-12-26-22(27-19-13-25-18(11-23)32-19)28-20(17)30(15-7-2-3-8-15)16(21(29)31)10-14-6-4-5-9-24-14/h4-6,9,12-13,15-16H,2-3,7-8,10H2,1H3,(H,26,27,28)/t16-/m1/s1. The number of aromatic nitrogens is 4. The quantitative estimate of drug-likeness (QED) is 0.636. The van der Waals surface area contributed by atoms with Crippen LogP contribution in [-0.4, -0.2) is 45.0 Å². The number of anilines is 4. The first-order chi connectivity index (χ1) is 15.6. The minimum Gasteiger partial charge on any atom is -0.339 e. The van der Waals surface area contributed by atoms with Crippen LogP contribution in [0.25, 0.3) is 0 Å². The number of nitrogens with zero attached hydrogens (tertiary/aromatic N) is 7. The summed E-state index contributed by atoms with van der Waals surface area (Å²) in [6.45, 7) is 0. The molecule has 0 bridgehead atoms. The summed E-state index contributed by atoms with van der Waals surface area (Å²) >= 11 is 1.24. The fourth-order valence-corrected chi connectivity index (χ4v) is 5.08. The minimum atomic E-state index is -0.373. The van der Waals surface area contributed by atoms with Gasteiger partial charge in [-0.2, -0.15) is 10.2 Å². The molecule has 10 heteroatoms. The molecule has 3 aromatic rings. The molecule has 1 saturated carbocycles. The van der Waals surface area contributed by atoms with Crippen LogP contribution in [0.4, 0.5) is 22.5 Å². The van der Waals surface area contributed by atoms with Crippen molar-refractivity contribution in [3.05, 3.63) is 47.5 Å². The van der Waals surface area contributed by atoms with Gasteiger partial charge in [-0.3, -0.25) is 9.78 Å². The Morgan fingerprint density at radius 1 is 1.22 bits per heavy atom. The molecule has 0 saturated heterocycles. The Hall–Kier alpha value is -3.58. The lowest BCUT2D eigenvalue weighted by molar-refractivity contribution is -0.120. The first-order valence-corrected chi connectivity index (χ1v) is 11.4. The smallest absolute Gasteiger partial charge is 0.250 e. The van der Waals surface area contributed by atoms with Crippen molar-refractivity contribution in [1.29, 1.82) is 5.26 Å². The Balaban J connectivity index is 1.53. The van der Waals surface area contributed by atoms with Gasteiger partial charge in [0.25, 0.3) is 0 Å². The Bertz CT molecular complexity index is 1170. The number of hydrogen-bond donors (Lipinski definition) is 1. The van der Waals surface area contributed by atoms with Gasteiger partial charge in [-0.05, 0) is 25.0 Å². The largest absolute Gasteiger partial charge is 0.339 e. The molecule has 0 unspecified atom stereocenters. The number of likely N-dealkylation sites (N-methyl/N-ethyl adjacent to an activating group) is 1. The maximum absolute atomic E-state index is 13.4. The molecule has 3 aromatic heterocycles. The average Bonchev–Trinajstić information content (AvgIpc) is 3.50. The van der Waals surface area contributed by atoms with Crippen molar-refractivity contribution in [1.82, 2.24) is 19.9 Å². The fourth-order valence-electron chi connectivity index (χ4n) is 4.47. The normalized spacial score (nSPS) is 18.5. The third-order valence-corrected chi connectivity index (χ3v) is 6.81. The van der Waals surface area contributed by atoms with Crippen molar-refractivity contribution < 1.29 is 4.79 Å². The van der Waals surface area contributed by atoms with Crippen LogP contribution in [0.5, 0.6) is 0 Å². The predicted molar refractivity (Wildman–Crippen MR) is 122 cm³/mol. The highest BCUT2D eigenvalue weighted by atomic mass is 32.1. The SMILES string of the molecule is CN1C(=O)[C@@H](Cc2ccccn2)N(C2CCCC2)c2nc(Nc3cnc(C#N)s3)ncc21. The fraction of sp³-hybridized carbons (Fsp3) is 0.364. The summed E-state index contributed by atoms with van der Waals surface area (Å²) < 4.78 is 0. The van der Waals surface area contributed by atoms with E-state index in [1.165, 1.54) is 11.3 Å². The Morgan fingerprint density at radius 3 is 2.78 bits per heavy atom. The van der Waals surface area contributed by atoms with Gasteiger partial charge >= 0.3 is 0 Å². The summed E-state index contributed by atoms with van der Waals surface area (Å²) in [6.07, 6.45) is 9.91. The monoisotopic (exact) mass is 446 g/mol. The van der Waals surface area contributed by atoms with Crippen molar-refractivity contribution in [2.45, 2.75) is 44.2 Å². The number of nitrogens with one attached hydrogen (secondary N) is 1. The van der Waals surface area contributed by atoms with Gasteiger partial charge in [0, 0.05) is 31.4 Å². The van der Waals surface area contributed by atoms with Gasteiger partial charge in [-0.15, -0.1) is 0 Å². The Morgan fingerprint density at radius 2 is 2.06 bits per heavy atom. The van der Waals surface area contributed by atoms with Gasteiger partial charge in [-0.1, -0.05) is 30.2 Å². The molecule has 2 aliphatic rings. The molecule has 1 N–H and O–H groups in total. The van der Waals surface area contributed by atoms with Crippen LogP contribution >= 0.6 is 11.3 Å². The van der Waals surface area contributed by atoms with E-state index in [1.807, 2.05) is 24.3 Å². The predicted octanol–water partition coefficient (Wildman–Crippen LogP) is 3.28. The van der Waals surface area contributed by atoms with Gasteiger partial charge in [0.2, 0.25) is 11.9 Å². The third-order valence-electron chi connectivity index (χ3n) is 5.99. The lowest BCUT2D eigenvalue weighted by Crippen LogP contribution is -2.57. The maximum Gasteiger partial charge on any atom is 0.250 e. The van der Waals surface area contributed by atoms with Crippen molar-refractivity contribution in [2.75, 3.05) is 22.2 Å². The van der Waals surface area contributed by atoms with E-state index >= 15 is 0 Å². The van der Waals surface area contributed by atoms with Crippen LogP contribution < -0.4 is 15.1 Å². The van der Waals surface area contributed by atoms with Crippen molar-refractivity contribution in [3.8, 4) is 6.07 Å². The molecule has 0 spiro atoms.